The molecule has 0 radical (unpaired) electrons. The fourth-order valence-electron chi connectivity index (χ4n) is 2.52. The Kier molecular flexibility index (Phi) is 5.11. The third-order valence-electron chi connectivity index (χ3n) is 3.80. The first-order valence-electron chi connectivity index (χ1n) is 8.52. The van der Waals surface area contributed by atoms with Gasteiger partial charge in [0.25, 0.3) is 11.8 Å². The highest BCUT2D eigenvalue weighted by Crippen LogP contribution is 2.30. The molecular formula is C20H16N4O3S. The average Bonchev–Trinajstić information content (AvgIpc) is 3.37. The van der Waals surface area contributed by atoms with Crippen LogP contribution in [0.3, 0.4) is 0 Å². The van der Waals surface area contributed by atoms with Crippen molar-refractivity contribution in [1.82, 2.24) is 15.1 Å². The van der Waals surface area contributed by atoms with Crippen LogP contribution in [0, 0.1) is 6.92 Å². The molecule has 0 aliphatic rings. The molecule has 0 fully saturated rings. The van der Waals surface area contributed by atoms with Gasteiger partial charge < -0.3 is 9.26 Å². The van der Waals surface area contributed by atoms with Gasteiger partial charge in [-0.2, -0.15) is 4.98 Å². The van der Waals surface area contributed by atoms with Gasteiger partial charge in [0, 0.05) is 10.9 Å². The zero-order chi connectivity index (χ0) is 19.3. The van der Waals surface area contributed by atoms with Gasteiger partial charge in [-0.15, -0.1) is 11.3 Å². The second-order valence-corrected chi connectivity index (χ2v) is 6.77. The fourth-order valence-corrected chi connectivity index (χ4v) is 3.22. The Labute approximate surface area is 165 Å². The number of benzene rings is 2. The number of hydrogen-bond acceptors (Lipinski definition) is 7. The molecule has 28 heavy (non-hydrogen) atoms. The third-order valence-corrected chi connectivity index (χ3v) is 4.68. The van der Waals surface area contributed by atoms with Crippen molar-refractivity contribution in [2.75, 3.05) is 11.9 Å². The molecule has 0 aliphatic heterocycles. The Balaban J connectivity index is 1.48. The molecule has 140 valence electrons. The number of thiazole rings is 1. The number of aryl methyl sites for hydroxylation is 1. The standard InChI is InChI=1S/C20H16N4O3S/c1-13-12-28-20(21-13)22-17(25)11-26-16-10-6-5-9-15(16)19-23-18(24-27-19)14-7-3-2-4-8-14/h2-10,12H,11H2,1H3,(H,21,22,25). The number of hydrogen-bond donors (Lipinski definition) is 1. The molecule has 0 saturated heterocycles. The van der Waals surface area contributed by atoms with E-state index in [0.29, 0.717) is 28.2 Å². The second kappa shape index (κ2) is 8.01. The molecule has 2 heterocycles. The first kappa shape index (κ1) is 17.9. The van der Waals surface area contributed by atoms with Crippen molar-refractivity contribution in [2.45, 2.75) is 6.92 Å². The quantitative estimate of drug-likeness (QED) is 0.529. The van der Waals surface area contributed by atoms with Gasteiger partial charge in [-0.1, -0.05) is 47.6 Å². The van der Waals surface area contributed by atoms with Crippen LogP contribution in [0.4, 0.5) is 5.13 Å². The summed E-state index contributed by atoms with van der Waals surface area (Å²) in [7, 11) is 0. The third kappa shape index (κ3) is 4.07. The monoisotopic (exact) mass is 392 g/mol. The van der Waals surface area contributed by atoms with Gasteiger partial charge in [0.2, 0.25) is 5.82 Å². The molecular weight excluding hydrogens is 376 g/mol. The van der Waals surface area contributed by atoms with E-state index in [0.717, 1.165) is 11.3 Å². The highest BCUT2D eigenvalue weighted by atomic mass is 32.1. The molecule has 0 unspecified atom stereocenters. The largest absolute Gasteiger partial charge is 0.483 e. The van der Waals surface area contributed by atoms with Crippen LogP contribution in [0.1, 0.15) is 5.69 Å². The number of nitrogens with one attached hydrogen (secondary N) is 1. The molecule has 4 aromatic rings. The van der Waals surface area contributed by atoms with E-state index in [9.17, 15) is 4.79 Å². The highest BCUT2D eigenvalue weighted by Gasteiger charge is 2.16. The van der Waals surface area contributed by atoms with Crippen molar-refractivity contribution >= 4 is 22.4 Å². The van der Waals surface area contributed by atoms with Crippen LogP contribution in [0.2, 0.25) is 0 Å². The SMILES string of the molecule is Cc1csc(NC(=O)COc2ccccc2-c2nc(-c3ccccc3)no2)n1. The Morgan fingerprint density at radius 2 is 1.89 bits per heavy atom. The molecule has 0 aliphatic carbocycles. The summed E-state index contributed by atoms with van der Waals surface area (Å²) in [5, 5.41) is 9.15. The smallest absolute Gasteiger partial charge is 0.264 e. The number of amides is 1. The van der Waals surface area contributed by atoms with E-state index in [2.05, 4.69) is 20.4 Å². The lowest BCUT2D eigenvalue weighted by atomic mass is 10.2. The van der Waals surface area contributed by atoms with Crippen LogP contribution in [0.25, 0.3) is 22.8 Å². The van der Waals surface area contributed by atoms with Gasteiger partial charge in [0.1, 0.15) is 5.75 Å². The molecule has 7 nitrogen and oxygen atoms in total. The second-order valence-electron chi connectivity index (χ2n) is 5.92. The minimum absolute atomic E-state index is 0.157. The highest BCUT2D eigenvalue weighted by molar-refractivity contribution is 7.13. The average molecular weight is 392 g/mol. The predicted molar refractivity (Wildman–Crippen MR) is 106 cm³/mol. The molecule has 1 N–H and O–H groups in total. The van der Waals surface area contributed by atoms with Crippen molar-refractivity contribution in [1.29, 1.82) is 0 Å². The van der Waals surface area contributed by atoms with Gasteiger partial charge in [0.15, 0.2) is 11.7 Å². The van der Waals surface area contributed by atoms with Gasteiger partial charge in [-0.25, -0.2) is 4.98 Å². The lowest BCUT2D eigenvalue weighted by Crippen LogP contribution is -2.20. The van der Waals surface area contributed by atoms with Gasteiger partial charge in [-0.05, 0) is 19.1 Å². The van der Waals surface area contributed by atoms with E-state index in [1.54, 1.807) is 12.1 Å². The maximum absolute atomic E-state index is 12.1. The van der Waals surface area contributed by atoms with Crippen LogP contribution in [-0.4, -0.2) is 27.6 Å². The molecule has 8 heteroatoms. The van der Waals surface area contributed by atoms with E-state index >= 15 is 0 Å². The van der Waals surface area contributed by atoms with Crippen LogP contribution >= 0.6 is 11.3 Å². The van der Waals surface area contributed by atoms with Crippen molar-refractivity contribution in [2.24, 2.45) is 0 Å². The number of para-hydroxylation sites is 1. The molecule has 1 amide bonds. The molecule has 0 spiro atoms. The summed E-state index contributed by atoms with van der Waals surface area (Å²) in [6.45, 7) is 1.71. The molecule has 4 rings (SSSR count). The minimum Gasteiger partial charge on any atom is -0.483 e. The Morgan fingerprint density at radius 1 is 1.11 bits per heavy atom. The zero-order valence-corrected chi connectivity index (χ0v) is 15.8. The first-order chi connectivity index (χ1) is 13.7. The normalized spacial score (nSPS) is 10.6. The van der Waals surface area contributed by atoms with E-state index in [1.165, 1.54) is 11.3 Å². The summed E-state index contributed by atoms with van der Waals surface area (Å²) in [5.41, 5.74) is 2.33. The first-order valence-corrected chi connectivity index (χ1v) is 9.40. The van der Waals surface area contributed by atoms with E-state index in [1.807, 2.05) is 54.8 Å². The Bertz CT molecular complexity index is 1090. The number of nitrogens with zero attached hydrogens (tertiary/aromatic N) is 3. The van der Waals surface area contributed by atoms with Gasteiger partial charge in [-0.3, -0.25) is 10.1 Å². The van der Waals surface area contributed by atoms with E-state index in [4.69, 9.17) is 9.26 Å². The number of carbonyl (C=O) groups excluding carboxylic acids is 1. The number of anilines is 1. The maximum atomic E-state index is 12.1. The summed E-state index contributed by atoms with van der Waals surface area (Å²) >= 11 is 1.37. The summed E-state index contributed by atoms with van der Waals surface area (Å²) in [6.07, 6.45) is 0. The van der Waals surface area contributed by atoms with Gasteiger partial charge in [0.05, 0.1) is 11.3 Å². The van der Waals surface area contributed by atoms with Crippen molar-refractivity contribution in [3.05, 3.63) is 65.7 Å². The van der Waals surface area contributed by atoms with Crippen molar-refractivity contribution in [3.63, 3.8) is 0 Å². The van der Waals surface area contributed by atoms with Crippen LogP contribution in [-0.2, 0) is 4.79 Å². The number of ether oxygens (including phenoxy) is 1. The number of rotatable bonds is 6. The van der Waals surface area contributed by atoms with Crippen LogP contribution in [0.15, 0.2) is 64.5 Å². The Hall–Kier alpha value is -3.52. The lowest BCUT2D eigenvalue weighted by Gasteiger charge is -2.08. The molecule has 2 aromatic carbocycles. The maximum Gasteiger partial charge on any atom is 0.264 e. The van der Waals surface area contributed by atoms with Crippen LogP contribution < -0.4 is 10.1 Å². The van der Waals surface area contributed by atoms with Crippen molar-refractivity contribution < 1.29 is 14.1 Å². The van der Waals surface area contributed by atoms with Crippen LogP contribution in [0.5, 0.6) is 5.75 Å². The topological polar surface area (TPSA) is 90.1 Å². The molecule has 0 saturated carbocycles. The number of carbonyl (C=O) groups is 1. The van der Waals surface area contributed by atoms with Crippen molar-refractivity contribution in [3.8, 4) is 28.6 Å². The number of aromatic nitrogens is 3. The molecule has 2 aromatic heterocycles. The minimum atomic E-state index is -0.292. The predicted octanol–water partition coefficient (Wildman–Crippen LogP) is 4.19. The zero-order valence-electron chi connectivity index (χ0n) is 15.0. The molecule has 0 atom stereocenters. The Morgan fingerprint density at radius 3 is 2.68 bits per heavy atom. The van der Waals surface area contributed by atoms with E-state index in [-0.39, 0.29) is 12.5 Å². The summed E-state index contributed by atoms with van der Waals surface area (Å²) in [5.74, 6) is 1.00. The summed E-state index contributed by atoms with van der Waals surface area (Å²) in [4.78, 5) is 20.8. The summed E-state index contributed by atoms with van der Waals surface area (Å²) < 4.78 is 11.1. The summed E-state index contributed by atoms with van der Waals surface area (Å²) in [6, 6.07) is 16.8. The lowest BCUT2D eigenvalue weighted by molar-refractivity contribution is -0.118. The van der Waals surface area contributed by atoms with Gasteiger partial charge >= 0.3 is 0 Å². The fraction of sp³-hybridized carbons (Fsp3) is 0.100. The van der Waals surface area contributed by atoms with E-state index < -0.39 is 0 Å². The molecule has 0 bridgehead atoms.